The molecule has 3 aromatic rings. The highest BCUT2D eigenvalue weighted by Crippen LogP contribution is 2.29. The number of methoxy groups -OCH3 is 1. The normalized spacial score (nSPS) is 10.7. The Hall–Kier alpha value is -4.57. The smallest absolute Gasteiger partial charge is 0.262 e. The fourth-order valence-electron chi connectivity index (χ4n) is 3.12. The van der Waals surface area contributed by atoms with Crippen LogP contribution in [-0.4, -0.2) is 25.5 Å². The van der Waals surface area contributed by atoms with E-state index in [-0.39, 0.29) is 18.1 Å². The Balaban J connectivity index is 1.64. The third-order valence-corrected chi connectivity index (χ3v) is 4.94. The third-order valence-electron chi connectivity index (χ3n) is 4.94. The summed E-state index contributed by atoms with van der Waals surface area (Å²) in [5, 5.41) is 15.0. The Bertz CT molecular complexity index is 1230. The fraction of sp³-hybridized carbons (Fsp3) is 0.148. The van der Waals surface area contributed by atoms with Crippen molar-refractivity contribution in [3.05, 3.63) is 95.1 Å². The van der Waals surface area contributed by atoms with E-state index < -0.39 is 5.91 Å². The summed E-state index contributed by atoms with van der Waals surface area (Å²) in [7, 11) is 1.47. The van der Waals surface area contributed by atoms with Gasteiger partial charge in [-0.15, -0.1) is 0 Å². The van der Waals surface area contributed by atoms with Crippen LogP contribution in [0.1, 0.15) is 16.7 Å². The van der Waals surface area contributed by atoms with Crippen LogP contribution in [0.4, 0.5) is 5.69 Å². The molecule has 0 unspecified atom stereocenters. The van der Waals surface area contributed by atoms with Gasteiger partial charge in [0.15, 0.2) is 18.1 Å². The minimum Gasteiger partial charge on any atom is -0.493 e. The van der Waals surface area contributed by atoms with E-state index in [1.165, 1.54) is 13.2 Å². The Morgan fingerprint density at radius 3 is 2.44 bits per heavy atom. The van der Waals surface area contributed by atoms with Crippen molar-refractivity contribution < 1.29 is 19.1 Å². The molecule has 0 bridgehead atoms. The maximum Gasteiger partial charge on any atom is 0.262 e. The Labute approximate surface area is 198 Å². The molecule has 0 heterocycles. The van der Waals surface area contributed by atoms with Crippen molar-refractivity contribution in [1.82, 2.24) is 5.32 Å². The van der Waals surface area contributed by atoms with E-state index in [9.17, 15) is 14.9 Å². The molecule has 3 rings (SSSR count). The molecule has 7 nitrogen and oxygen atoms in total. The van der Waals surface area contributed by atoms with Crippen LogP contribution in [-0.2, 0) is 16.1 Å². The number of hydrogen-bond donors (Lipinski definition) is 2. The van der Waals surface area contributed by atoms with Gasteiger partial charge in [-0.25, -0.2) is 0 Å². The van der Waals surface area contributed by atoms with E-state index in [1.54, 1.807) is 18.2 Å². The quantitative estimate of drug-likeness (QED) is 0.371. The standard InChI is InChI=1S/C27H25N3O4/c1-19-8-6-7-11-23(19)30-26(31)18-34-24-13-12-21(15-25(24)33-2)14-22(16-28)27(32)29-17-20-9-4-3-5-10-20/h3-15H,17-18H2,1-2H3,(H,29,32)(H,30,31)/b22-14+. The fourth-order valence-corrected chi connectivity index (χ4v) is 3.12. The third kappa shape index (κ3) is 6.71. The molecule has 34 heavy (non-hydrogen) atoms. The highest BCUT2D eigenvalue weighted by molar-refractivity contribution is 6.01. The monoisotopic (exact) mass is 455 g/mol. The van der Waals surface area contributed by atoms with Gasteiger partial charge < -0.3 is 20.1 Å². The van der Waals surface area contributed by atoms with Gasteiger partial charge in [0.1, 0.15) is 11.6 Å². The Kier molecular flexibility index (Phi) is 8.42. The number of carbonyl (C=O) groups excluding carboxylic acids is 2. The summed E-state index contributed by atoms with van der Waals surface area (Å²) in [6.45, 7) is 2.02. The largest absolute Gasteiger partial charge is 0.493 e. The molecule has 0 radical (unpaired) electrons. The topological polar surface area (TPSA) is 100 Å². The molecular weight excluding hydrogens is 430 g/mol. The van der Waals surface area contributed by atoms with E-state index in [1.807, 2.05) is 67.6 Å². The van der Waals surface area contributed by atoms with Crippen molar-refractivity contribution >= 4 is 23.6 Å². The molecule has 0 saturated heterocycles. The van der Waals surface area contributed by atoms with Gasteiger partial charge in [-0.1, -0.05) is 54.6 Å². The number of hydrogen-bond acceptors (Lipinski definition) is 5. The van der Waals surface area contributed by atoms with Gasteiger partial charge in [-0.2, -0.15) is 5.26 Å². The predicted molar refractivity (Wildman–Crippen MR) is 130 cm³/mol. The van der Waals surface area contributed by atoms with Gasteiger partial charge in [0.2, 0.25) is 0 Å². The average molecular weight is 456 g/mol. The highest BCUT2D eigenvalue weighted by Gasteiger charge is 2.12. The molecule has 0 fully saturated rings. The van der Waals surface area contributed by atoms with E-state index in [2.05, 4.69) is 10.6 Å². The van der Waals surface area contributed by atoms with Crippen molar-refractivity contribution in [3.8, 4) is 17.6 Å². The molecule has 0 atom stereocenters. The molecule has 7 heteroatoms. The lowest BCUT2D eigenvalue weighted by Gasteiger charge is -2.12. The van der Waals surface area contributed by atoms with Crippen molar-refractivity contribution in [2.75, 3.05) is 19.0 Å². The predicted octanol–water partition coefficient (Wildman–Crippen LogP) is 4.24. The molecule has 2 amide bonds. The SMILES string of the molecule is COc1cc(/C=C(\C#N)C(=O)NCc2ccccc2)ccc1OCC(=O)Nc1ccccc1C. The first-order valence-electron chi connectivity index (χ1n) is 10.6. The van der Waals surface area contributed by atoms with Crippen LogP contribution < -0.4 is 20.1 Å². The van der Waals surface area contributed by atoms with E-state index >= 15 is 0 Å². The Morgan fingerprint density at radius 2 is 1.74 bits per heavy atom. The average Bonchev–Trinajstić information content (AvgIpc) is 2.86. The number of anilines is 1. The van der Waals surface area contributed by atoms with Crippen LogP contribution in [0, 0.1) is 18.3 Å². The number of carbonyl (C=O) groups is 2. The molecule has 0 aliphatic carbocycles. The van der Waals surface area contributed by atoms with Gasteiger partial charge in [0.25, 0.3) is 11.8 Å². The van der Waals surface area contributed by atoms with Gasteiger partial charge in [0, 0.05) is 12.2 Å². The number of ether oxygens (including phenoxy) is 2. The minimum absolute atomic E-state index is 0.0377. The van der Waals surface area contributed by atoms with Gasteiger partial charge in [0.05, 0.1) is 7.11 Å². The molecule has 3 aromatic carbocycles. The molecular formula is C27H25N3O4. The van der Waals surface area contributed by atoms with Crippen LogP contribution in [0.25, 0.3) is 6.08 Å². The molecule has 0 saturated carbocycles. The van der Waals surface area contributed by atoms with Crippen LogP contribution >= 0.6 is 0 Å². The van der Waals surface area contributed by atoms with Crippen molar-refractivity contribution in [2.24, 2.45) is 0 Å². The lowest BCUT2D eigenvalue weighted by Crippen LogP contribution is -2.23. The van der Waals surface area contributed by atoms with Crippen molar-refractivity contribution in [2.45, 2.75) is 13.5 Å². The maximum atomic E-state index is 12.4. The van der Waals surface area contributed by atoms with E-state index in [4.69, 9.17) is 9.47 Å². The minimum atomic E-state index is -0.474. The second-order valence-corrected chi connectivity index (χ2v) is 7.40. The summed E-state index contributed by atoms with van der Waals surface area (Å²) >= 11 is 0. The first-order chi connectivity index (χ1) is 16.5. The number of aryl methyl sites for hydroxylation is 1. The zero-order valence-electron chi connectivity index (χ0n) is 19.0. The molecule has 0 aliphatic rings. The van der Waals surface area contributed by atoms with Crippen LogP contribution in [0.2, 0.25) is 0 Å². The number of rotatable bonds is 9. The summed E-state index contributed by atoms with van der Waals surface area (Å²) in [5.74, 6) is -0.0354. The number of amides is 2. The summed E-state index contributed by atoms with van der Waals surface area (Å²) < 4.78 is 11.0. The first-order valence-corrected chi connectivity index (χ1v) is 10.6. The van der Waals surface area contributed by atoms with Crippen molar-refractivity contribution in [1.29, 1.82) is 5.26 Å². The maximum absolute atomic E-state index is 12.4. The highest BCUT2D eigenvalue weighted by atomic mass is 16.5. The summed E-state index contributed by atoms with van der Waals surface area (Å²) in [4.78, 5) is 24.7. The number of nitriles is 1. The first kappa shape index (κ1) is 24.1. The van der Waals surface area contributed by atoms with Crippen molar-refractivity contribution in [3.63, 3.8) is 0 Å². The number of nitrogens with one attached hydrogen (secondary N) is 2. The van der Waals surface area contributed by atoms with Crippen LogP contribution in [0.3, 0.4) is 0 Å². The molecule has 0 aromatic heterocycles. The summed E-state index contributed by atoms with van der Waals surface area (Å²) in [6, 6.07) is 23.8. The van der Waals surface area contributed by atoms with Crippen LogP contribution in [0.15, 0.2) is 78.4 Å². The lowest BCUT2D eigenvalue weighted by molar-refractivity contribution is -0.118. The van der Waals surface area contributed by atoms with Gasteiger partial charge in [-0.05, 0) is 47.9 Å². The number of nitrogens with zero attached hydrogens (tertiary/aromatic N) is 1. The van der Waals surface area contributed by atoms with Crippen LogP contribution in [0.5, 0.6) is 11.5 Å². The van der Waals surface area contributed by atoms with E-state index in [0.717, 1.165) is 16.8 Å². The molecule has 0 aliphatic heterocycles. The summed E-state index contributed by atoms with van der Waals surface area (Å²) in [6.07, 6.45) is 1.47. The number of para-hydroxylation sites is 1. The zero-order chi connectivity index (χ0) is 24.3. The molecule has 172 valence electrons. The van der Waals surface area contributed by atoms with Gasteiger partial charge >= 0.3 is 0 Å². The molecule has 0 spiro atoms. The summed E-state index contributed by atoms with van der Waals surface area (Å²) in [5.41, 5.74) is 3.15. The zero-order valence-corrected chi connectivity index (χ0v) is 19.0. The van der Waals surface area contributed by atoms with Gasteiger partial charge in [-0.3, -0.25) is 9.59 Å². The Morgan fingerprint density at radius 1 is 1.00 bits per heavy atom. The molecule has 2 N–H and O–H groups in total. The van der Waals surface area contributed by atoms with E-state index in [0.29, 0.717) is 23.6 Å². The lowest BCUT2D eigenvalue weighted by atomic mass is 10.1. The number of benzene rings is 3. The second kappa shape index (κ2) is 11.9. The second-order valence-electron chi connectivity index (χ2n) is 7.40.